The minimum Gasteiger partial charge on any atom is -0.321 e. The Morgan fingerprint density at radius 1 is 1.28 bits per heavy atom. The van der Waals surface area contributed by atoms with Crippen molar-refractivity contribution in [3.8, 4) is 0 Å². The zero-order valence-electron chi connectivity index (χ0n) is 8.90. The van der Waals surface area contributed by atoms with Crippen molar-refractivity contribution in [1.82, 2.24) is 9.59 Å². The van der Waals surface area contributed by atoms with Crippen molar-refractivity contribution < 1.29 is 13.2 Å². The van der Waals surface area contributed by atoms with Crippen molar-refractivity contribution in [2.24, 2.45) is 5.14 Å². The summed E-state index contributed by atoms with van der Waals surface area (Å²) < 4.78 is 25.6. The highest BCUT2D eigenvalue weighted by Gasteiger charge is 2.10. The normalized spacial score (nSPS) is 11.2. The van der Waals surface area contributed by atoms with E-state index < -0.39 is 10.0 Å². The Kier molecular flexibility index (Phi) is 3.36. The molecule has 0 aliphatic rings. The molecule has 18 heavy (non-hydrogen) atoms. The lowest BCUT2D eigenvalue weighted by Gasteiger charge is -2.03. The van der Waals surface area contributed by atoms with Gasteiger partial charge < -0.3 is 5.32 Å². The lowest BCUT2D eigenvalue weighted by atomic mass is 10.3. The van der Waals surface area contributed by atoms with Crippen LogP contribution in [0.25, 0.3) is 0 Å². The highest BCUT2D eigenvalue weighted by molar-refractivity contribution is 7.89. The molecule has 3 N–H and O–H groups in total. The van der Waals surface area contributed by atoms with Gasteiger partial charge in [-0.3, -0.25) is 4.79 Å². The van der Waals surface area contributed by atoms with Crippen molar-refractivity contribution in [2.75, 3.05) is 5.32 Å². The lowest BCUT2D eigenvalue weighted by Crippen LogP contribution is -2.13. The molecule has 0 aliphatic heterocycles. The van der Waals surface area contributed by atoms with Gasteiger partial charge in [0.05, 0.1) is 11.1 Å². The fourth-order valence-electron chi connectivity index (χ4n) is 1.19. The summed E-state index contributed by atoms with van der Waals surface area (Å²) in [5, 5.41) is 11.1. The van der Waals surface area contributed by atoms with Gasteiger partial charge >= 0.3 is 0 Å². The SMILES string of the molecule is NS(=O)(=O)c1ccc(NC(=O)c2cnns2)cc1. The van der Waals surface area contributed by atoms with Crippen molar-refractivity contribution in [1.29, 1.82) is 0 Å². The summed E-state index contributed by atoms with van der Waals surface area (Å²) in [5.74, 6) is -0.353. The van der Waals surface area contributed by atoms with Crippen LogP contribution >= 0.6 is 11.5 Å². The molecule has 9 heteroatoms. The molecule has 7 nitrogen and oxygen atoms in total. The van der Waals surface area contributed by atoms with Crippen molar-refractivity contribution in [3.05, 3.63) is 35.3 Å². The first kappa shape index (κ1) is 12.6. The molecule has 0 saturated heterocycles. The van der Waals surface area contributed by atoms with E-state index in [1.807, 2.05) is 0 Å². The number of hydrogen-bond donors (Lipinski definition) is 2. The summed E-state index contributed by atoms with van der Waals surface area (Å²) in [5.41, 5.74) is 0.459. The number of nitrogens with one attached hydrogen (secondary N) is 1. The maximum atomic E-state index is 11.6. The number of carbonyl (C=O) groups excluding carboxylic acids is 1. The molecule has 0 unspecified atom stereocenters. The molecule has 2 rings (SSSR count). The highest BCUT2D eigenvalue weighted by atomic mass is 32.2. The number of rotatable bonds is 3. The number of nitrogens with two attached hydrogens (primary N) is 1. The van der Waals surface area contributed by atoms with Gasteiger partial charge in [0.15, 0.2) is 0 Å². The Hall–Kier alpha value is -1.84. The Morgan fingerprint density at radius 3 is 2.44 bits per heavy atom. The van der Waals surface area contributed by atoms with Crippen LogP contribution < -0.4 is 10.5 Å². The van der Waals surface area contributed by atoms with Crippen LogP contribution in [-0.2, 0) is 10.0 Å². The molecule has 0 aliphatic carbocycles. The maximum absolute atomic E-state index is 11.6. The van der Waals surface area contributed by atoms with E-state index in [1.54, 1.807) is 0 Å². The topological polar surface area (TPSA) is 115 Å². The maximum Gasteiger partial charge on any atom is 0.269 e. The number of carbonyl (C=O) groups is 1. The van der Waals surface area contributed by atoms with Gasteiger partial charge in [-0.05, 0) is 35.8 Å². The van der Waals surface area contributed by atoms with E-state index in [0.717, 1.165) is 11.5 Å². The second-order valence-electron chi connectivity index (χ2n) is 3.31. The first-order chi connectivity index (χ1) is 8.47. The molecule has 1 amide bonds. The van der Waals surface area contributed by atoms with Crippen LogP contribution in [0.3, 0.4) is 0 Å². The van der Waals surface area contributed by atoms with Crippen LogP contribution in [0.2, 0.25) is 0 Å². The van der Waals surface area contributed by atoms with Gasteiger partial charge in [-0.2, -0.15) is 0 Å². The smallest absolute Gasteiger partial charge is 0.269 e. The van der Waals surface area contributed by atoms with E-state index in [2.05, 4.69) is 14.9 Å². The summed E-state index contributed by atoms with van der Waals surface area (Å²) >= 11 is 0.969. The average molecular weight is 284 g/mol. The van der Waals surface area contributed by atoms with E-state index in [4.69, 9.17) is 5.14 Å². The van der Waals surface area contributed by atoms with Gasteiger partial charge in [-0.15, -0.1) is 5.10 Å². The monoisotopic (exact) mass is 284 g/mol. The quantitative estimate of drug-likeness (QED) is 0.848. The fourth-order valence-corrected chi connectivity index (χ4v) is 2.11. The van der Waals surface area contributed by atoms with Crippen LogP contribution in [0, 0.1) is 0 Å². The zero-order valence-corrected chi connectivity index (χ0v) is 10.5. The van der Waals surface area contributed by atoms with Gasteiger partial charge in [-0.25, -0.2) is 13.6 Å². The van der Waals surface area contributed by atoms with Gasteiger partial charge in [0.2, 0.25) is 10.0 Å². The van der Waals surface area contributed by atoms with E-state index in [1.165, 1.54) is 30.5 Å². The molecule has 0 spiro atoms. The highest BCUT2D eigenvalue weighted by Crippen LogP contribution is 2.14. The summed E-state index contributed by atoms with van der Waals surface area (Å²) in [6.45, 7) is 0. The number of amides is 1. The molecule has 94 valence electrons. The third-order valence-electron chi connectivity index (χ3n) is 2.03. The summed E-state index contributed by atoms with van der Waals surface area (Å²) in [6, 6.07) is 5.53. The zero-order chi connectivity index (χ0) is 13.2. The van der Waals surface area contributed by atoms with E-state index in [-0.39, 0.29) is 10.8 Å². The molecule has 2 aromatic rings. The Balaban J connectivity index is 2.14. The minimum atomic E-state index is -3.72. The molecular weight excluding hydrogens is 276 g/mol. The van der Waals surface area contributed by atoms with Gasteiger partial charge in [0.25, 0.3) is 5.91 Å². The molecule has 1 aromatic heterocycles. The van der Waals surface area contributed by atoms with Crippen LogP contribution in [0.15, 0.2) is 35.4 Å². The van der Waals surface area contributed by atoms with Crippen molar-refractivity contribution >= 4 is 33.2 Å². The van der Waals surface area contributed by atoms with E-state index >= 15 is 0 Å². The summed E-state index contributed by atoms with van der Waals surface area (Å²) in [6.07, 6.45) is 1.35. The lowest BCUT2D eigenvalue weighted by molar-refractivity contribution is 0.103. The fraction of sp³-hybridized carbons (Fsp3) is 0. The van der Waals surface area contributed by atoms with Crippen LogP contribution in [-0.4, -0.2) is 23.9 Å². The Bertz CT molecular complexity index is 650. The minimum absolute atomic E-state index is 0.0139. The van der Waals surface area contributed by atoms with Crippen molar-refractivity contribution in [2.45, 2.75) is 4.90 Å². The first-order valence-electron chi connectivity index (χ1n) is 4.68. The number of benzene rings is 1. The predicted octanol–water partition coefficient (Wildman–Crippen LogP) is 0.438. The summed E-state index contributed by atoms with van der Waals surface area (Å²) in [4.78, 5) is 12.0. The van der Waals surface area contributed by atoms with E-state index in [0.29, 0.717) is 10.6 Å². The Labute approximate surface area is 107 Å². The number of hydrogen-bond acceptors (Lipinski definition) is 6. The summed E-state index contributed by atoms with van der Waals surface area (Å²) in [7, 11) is -3.72. The van der Waals surface area contributed by atoms with Gasteiger partial charge in [-0.1, -0.05) is 4.49 Å². The standard InChI is InChI=1S/C9H8N4O3S2/c10-18(15,16)7-3-1-6(2-4-7)12-9(14)8-5-11-13-17-8/h1-5H,(H,12,14)(H2,10,15,16). The molecular formula is C9H8N4O3S2. The van der Waals surface area contributed by atoms with Crippen LogP contribution in [0.5, 0.6) is 0 Å². The third-order valence-corrected chi connectivity index (χ3v) is 3.62. The number of sulfonamides is 1. The molecule has 1 heterocycles. The second-order valence-corrected chi connectivity index (χ2v) is 5.65. The largest absolute Gasteiger partial charge is 0.321 e. The molecule has 1 aromatic carbocycles. The Morgan fingerprint density at radius 2 is 1.94 bits per heavy atom. The first-order valence-corrected chi connectivity index (χ1v) is 7.00. The number of anilines is 1. The average Bonchev–Trinajstić information content (AvgIpc) is 2.82. The van der Waals surface area contributed by atoms with Gasteiger partial charge in [0, 0.05) is 5.69 Å². The predicted molar refractivity (Wildman–Crippen MR) is 65.7 cm³/mol. The van der Waals surface area contributed by atoms with Crippen LogP contribution in [0.1, 0.15) is 9.67 Å². The molecule has 0 atom stereocenters. The number of primary sulfonamides is 1. The third kappa shape index (κ3) is 2.88. The van der Waals surface area contributed by atoms with Crippen LogP contribution in [0.4, 0.5) is 5.69 Å². The van der Waals surface area contributed by atoms with Crippen molar-refractivity contribution in [3.63, 3.8) is 0 Å². The molecule has 0 fully saturated rings. The van der Waals surface area contributed by atoms with Gasteiger partial charge in [0.1, 0.15) is 4.88 Å². The molecule has 0 radical (unpaired) electrons. The van der Waals surface area contributed by atoms with E-state index in [9.17, 15) is 13.2 Å². The number of nitrogens with zero attached hydrogens (tertiary/aromatic N) is 2. The molecule has 0 bridgehead atoms. The second kappa shape index (κ2) is 4.80. The molecule has 0 saturated carbocycles. The number of aromatic nitrogens is 2.